The SMILES string of the molecule is N#Cc1ccccc1OC1CCC[N]C1. The van der Waals surface area contributed by atoms with E-state index < -0.39 is 0 Å². The van der Waals surface area contributed by atoms with Crippen LogP contribution in [0.25, 0.3) is 0 Å². The second kappa shape index (κ2) is 4.81. The molecule has 0 N–H and O–H groups in total. The van der Waals surface area contributed by atoms with Gasteiger partial charge < -0.3 is 4.74 Å². The lowest BCUT2D eigenvalue weighted by Crippen LogP contribution is -2.33. The molecule has 1 aliphatic heterocycles. The van der Waals surface area contributed by atoms with Crippen LogP contribution in [0.15, 0.2) is 24.3 Å². The van der Waals surface area contributed by atoms with E-state index in [0.717, 1.165) is 25.9 Å². The van der Waals surface area contributed by atoms with Gasteiger partial charge >= 0.3 is 0 Å². The van der Waals surface area contributed by atoms with Gasteiger partial charge in [-0.1, -0.05) is 12.1 Å². The first kappa shape index (κ1) is 10.0. The Labute approximate surface area is 89.7 Å². The number of para-hydroxylation sites is 1. The fourth-order valence-corrected chi connectivity index (χ4v) is 1.69. The molecule has 3 heteroatoms. The topological polar surface area (TPSA) is 47.1 Å². The van der Waals surface area contributed by atoms with E-state index in [0.29, 0.717) is 11.3 Å². The molecular formula is C12H13N2O. The van der Waals surface area contributed by atoms with Crippen LogP contribution in [0.4, 0.5) is 0 Å². The molecule has 0 bridgehead atoms. The van der Waals surface area contributed by atoms with Gasteiger partial charge in [0.15, 0.2) is 0 Å². The van der Waals surface area contributed by atoms with E-state index in [1.807, 2.05) is 18.2 Å². The van der Waals surface area contributed by atoms with Crippen molar-refractivity contribution in [3.63, 3.8) is 0 Å². The molecule has 1 atom stereocenters. The van der Waals surface area contributed by atoms with Crippen LogP contribution in [0.1, 0.15) is 18.4 Å². The molecule has 2 rings (SSSR count). The van der Waals surface area contributed by atoms with Crippen molar-refractivity contribution in [3.05, 3.63) is 29.8 Å². The minimum absolute atomic E-state index is 0.147. The Kier molecular flexibility index (Phi) is 3.21. The van der Waals surface area contributed by atoms with Crippen LogP contribution in [0, 0.1) is 11.3 Å². The van der Waals surface area contributed by atoms with Crippen LogP contribution in [0.2, 0.25) is 0 Å². The van der Waals surface area contributed by atoms with Gasteiger partial charge in [0, 0.05) is 6.54 Å². The highest BCUT2D eigenvalue weighted by Gasteiger charge is 2.16. The summed E-state index contributed by atoms with van der Waals surface area (Å²) in [5.74, 6) is 0.683. The van der Waals surface area contributed by atoms with Gasteiger partial charge in [0.1, 0.15) is 17.9 Å². The first-order valence-electron chi connectivity index (χ1n) is 5.19. The summed E-state index contributed by atoms with van der Waals surface area (Å²) < 4.78 is 5.76. The lowest BCUT2D eigenvalue weighted by Gasteiger charge is -2.23. The Morgan fingerprint density at radius 1 is 1.40 bits per heavy atom. The van der Waals surface area contributed by atoms with Gasteiger partial charge in [-0.3, -0.25) is 0 Å². The Balaban J connectivity index is 2.06. The largest absolute Gasteiger partial charge is 0.488 e. The molecular weight excluding hydrogens is 188 g/mol. The Morgan fingerprint density at radius 3 is 3.00 bits per heavy atom. The van der Waals surface area contributed by atoms with Gasteiger partial charge in [0.2, 0.25) is 0 Å². The van der Waals surface area contributed by atoms with E-state index >= 15 is 0 Å². The number of piperidine rings is 1. The molecule has 1 aliphatic rings. The Bertz CT molecular complexity index is 364. The van der Waals surface area contributed by atoms with Crippen molar-refractivity contribution in [2.24, 2.45) is 0 Å². The highest BCUT2D eigenvalue weighted by molar-refractivity contribution is 5.42. The molecule has 1 aromatic carbocycles. The maximum Gasteiger partial charge on any atom is 0.137 e. The Morgan fingerprint density at radius 2 is 2.27 bits per heavy atom. The quantitative estimate of drug-likeness (QED) is 0.731. The average Bonchev–Trinajstić information content (AvgIpc) is 2.31. The zero-order valence-electron chi connectivity index (χ0n) is 8.52. The third kappa shape index (κ3) is 2.48. The maximum absolute atomic E-state index is 8.89. The van der Waals surface area contributed by atoms with Crippen LogP contribution in [0.5, 0.6) is 5.75 Å². The van der Waals surface area contributed by atoms with E-state index in [-0.39, 0.29) is 6.10 Å². The van der Waals surface area contributed by atoms with Gasteiger partial charge in [0.25, 0.3) is 0 Å². The monoisotopic (exact) mass is 201 g/mol. The van der Waals surface area contributed by atoms with Crippen molar-refractivity contribution in [2.45, 2.75) is 18.9 Å². The lowest BCUT2D eigenvalue weighted by atomic mass is 10.1. The fourth-order valence-electron chi connectivity index (χ4n) is 1.69. The van der Waals surface area contributed by atoms with Crippen molar-refractivity contribution >= 4 is 0 Å². The summed E-state index contributed by atoms with van der Waals surface area (Å²) in [6, 6.07) is 9.47. The summed E-state index contributed by atoms with van der Waals surface area (Å²) in [7, 11) is 0. The van der Waals surface area contributed by atoms with Crippen molar-refractivity contribution in [1.82, 2.24) is 5.32 Å². The minimum Gasteiger partial charge on any atom is -0.488 e. The fraction of sp³-hybridized carbons (Fsp3) is 0.417. The summed E-state index contributed by atoms with van der Waals surface area (Å²) in [4.78, 5) is 0. The first-order chi connectivity index (χ1) is 7.40. The molecule has 0 aliphatic carbocycles. The molecule has 0 spiro atoms. The van der Waals surface area contributed by atoms with Crippen molar-refractivity contribution in [2.75, 3.05) is 13.1 Å². The number of nitriles is 1. The third-order valence-electron chi connectivity index (χ3n) is 2.48. The molecule has 1 aromatic rings. The van der Waals surface area contributed by atoms with E-state index in [2.05, 4.69) is 11.4 Å². The third-order valence-corrected chi connectivity index (χ3v) is 2.48. The zero-order valence-corrected chi connectivity index (χ0v) is 8.52. The number of hydrogen-bond donors (Lipinski definition) is 0. The van der Waals surface area contributed by atoms with Gasteiger partial charge in [0.05, 0.1) is 12.1 Å². The molecule has 0 amide bonds. The molecule has 0 saturated carbocycles. The van der Waals surface area contributed by atoms with Crippen molar-refractivity contribution in [3.8, 4) is 11.8 Å². The predicted molar refractivity (Wildman–Crippen MR) is 56.7 cm³/mol. The van der Waals surface area contributed by atoms with Crippen molar-refractivity contribution < 1.29 is 4.74 Å². The number of rotatable bonds is 2. The van der Waals surface area contributed by atoms with E-state index in [4.69, 9.17) is 10.00 Å². The molecule has 1 saturated heterocycles. The van der Waals surface area contributed by atoms with E-state index in [1.54, 1.807) is 6.07 Å². The highest BCUT2D eigenvalue weighted by Crippen LogP contribution is 2.20. The van der Waals surface area contributed by atoms with Crippen LogP contribution >= 0.6 is 0 Å². The lowest BCUT2D eigenvalue weighted by molar-refractivity contribution is 0.165. The Hall–Kier alpha value is -1.53. The molecule has 3 nitrogen and oxygen atoms in total. The summed E-state index contributed by atoms with van der Waals surface area (Å²) >= 11 is 0. The standard InChI is InChI=1S/C12H13N2O/c13-8-10-4-1-2-6-12(10)15-11-5-3-7-14-9-11/h1-2,4,6,11H,3,5,7,9H2. The van der Waals surface area contributed by atoms with Gasteiger partial charge in [-0.2, -0.15) is 5.26 Å². The molecule has 1 fully saturated rings. The second-order valence-corrected chi connectivity index (χ2v) is 3.62. The average molecular weight is 201 g/mol. The first-order valence-corrected chi connectivity index (χ1v) is 5.19. The molecule has 1 radical (unpaired) electrons. The molecule has 1 heterocycles. The number of hydrogen-bond acceptors (Lipinski definition) is 2. The maximum atomic E-state index is 8.89. The summed E-state index contributed by atoms with van der Waals surface area (Å²) in [5, 5.41) is 13.2. The van der Waals surface area contributed by atoms with Crippen LogP contribution in [-0.4, -0.2) is 19.2 Å². The molecule has 77 valence electrons. The van der Waals surface area contributed by atoms with Crippen LogP contribution in [-0.2, 0) is 0 Å². The van der Waals surface area contributed by atoms with Crippen molar-refractivity contribution in [1.29, 1.82) is 5.26 Å². The minimum atomic E-state index is 0.147. The second-order valence-electron chi connectivity index (χ2n) is 3.62. The van der Waals surface area contributed by atoms with E-state index in [1.165, 1.54) is 0 Å². The molecule has 15 heavy (non-hydrogen) atoms. The van der Waals surface area contributed by atoms with Gasteiger partial charge in [-0.05, 0) is 25.0 Å². The van der Waals surface area contributed by atoms with E-state index in [9.17, 15) is 0 Å². The van der Waals surface area contributed by atoms with Crippen LogP contribution < -0.4 is 10.1 Å². The predicted octanol–water partition coefficient (Wildman–Crippen LogP) is 1.70. The van der Waals surface area contributed by atoms with Gasteiger partial charge in [-0.15, -0.1) is 0 Å². The molecule has 0 aromatic heterocycles. The smallest absolute Gasteiger partial charge is 0.137 e. The summed E-state index contributed by atoms with van der Waals surface area (Å²) in [6.07, 6.45) is 2.26. The number of benzene rings is 1. The zero-order chi connectivity index (χ0) is 10.5. The number of ether oxygens (including phenoxy) is 1. The summed E-state index contributed by atoms with van der Waals surface area (Å²) in [6.45, 7) is 1.69. The molecule has 1 unspecified atom stereocenters. The van der Waals surface area contributed by atoms with Gasteiger partial charge in [-0.25, -0.2) is 5.32 Å². The summed E-state index contributed by atoms with van der Waals surface area (Å²) in [5.41, 5.74) is 0.600. The number of nitrogens with zero attached hydrogens (tertiary/aromatic N) is 2. The normalized spacial score (nSPS) is 20.6. The highest BCUT2D eigenvalue weighted by atomic mass is 16.5. The van der Waals surface area contributed by atoms with Crippen LogP contribution in [0.3, 0.4) is 0 Å².